The molecular formula is C26H27F7N4O3. The summed E-state index contributed by atoms with van der Waals surface area (Å²) in [5.74, 6) is -0.490. The Kier molecular flexibility index (Phi) is 8.83. The van der Waals surface area contributed by atoms with Crippen molar-refractivity contribution in [2.75, 3.05) is 27.2 Å². The second-order valence-electron chi connectivity index (χ2n) is 9.72. The van der Waals surface area contributed by atoms with Gasteiger partial charge in [-0.05, 0) is 62.5 Å². The van der Waals surface area contributed by atoms with E-state index in [0.717, 1.165) is 0 Å². The molecule has 1 aliphatic rings. The topological polar surface area (TPSA) is 63.9 Å². The van der Waals surface area contributed by atoms with Crippen molar-refractivity contribution < 1.29 is 44.8 Å². The summed E-state index contributed by atoms with van der Waals surface area (Å²) in [6.45, 7) is 2.51. The Morgan fingerprint density at radius 2 is 1.57 bits per heavy atom. The summed E-state index contributed by atoms with van der Waals surface area (Å²) in [5, 5.41) is 7.94. The molecule has 14 heteroatoms. The van der Waals surface area contributed by atoms with Gasteiger partial charge >= 0.3 is 12.4 Å². The Hall–Kier alpha value is -3.07. The Morgan fingerprint density at radius 3 is 2.15 bits per heavy atom. The molecule has 1 aliphatic heterocycles. The van der Waals surface area contributed by atoms with Crippen LogP contribution in [-0.4, -0.2) is 53.7 Å². The molecule has 3 atom stereocenters. The first-order valence-corrected chi connectivity index (χ1v) is 12.2. The number of morpholine rings is 1. The van der Waals surface area contributed by atoms with Crippen molar-refractivity contribution in [2.24, 2.45) is 0 Å². The van der Waals surface area contributed by atoms with Crippen LogP contribution in [0.3, 0.4) is 0 Å². The van der Waals surface area contributed by atoms with Crippen molar-refractivity contribution in [1.29, 1.82) is 0 Å². The molecular weight excluding hydrogens is 549 g/mol. The van der Waals surface area contributed by atoms with Gasteiger partial charge in [-0.3, -0.25) is 4.90 Å². The third-order valence-corrected chi connectivity index (χ3v) is 6.39. The minimum atomic E-state index is -5.00. The Balaban J connectivity index is 1.66. The summed E-state index contributed by atoms with van der Waals surface area (Å²) in [4.78, 5) is 3.78. The lowest BCUT2D eigenvalue weighted by Gasteiger charge is -2.41. The maximum absolute atomic E-state index is 13.7. The average molecular weight is 577 g/mol. The summed E-state index contributed by atoms with van der Waals surface area (Å²) >= 11 is 0. The summed E-state index contributed by atoms with van der Waals surface area (Å²) in [7, 11) is 3.69. The summed E-state index contributed by atoms with van der Waals surface area (Å²) in [6, 6.07) is 6.10. The van der Waals surface area contributed by atoms with E-state index in [0.29, 0.717) is 42.2 Å². The summed E-state index contributed by atoms with van der Waals surface area (Å²) < 4.78 is 111. The van der Waals surface area contributed by atoms with E-state index in [1.165, 1.54) is 31.2 Å². The van der Waals surface area contributed by atoms with E-state index in [-0.39, 0.29) is 24.8 Å². The number of alkyl halides is 6. The highest BCUT2D eigenvalue weighted by Gasteiger charge is 2.39. The zero-order valence-electron chi connectivity index (χ0n) is 21.8. The smallest absolute Gasteiger partial charge is 0.349 e. The molecule has 0 saturated carbocycles. The van der Waals surface area contributed by atoms with Crippen molar-refractivity contribution in [2.45, 2.75) is 50.8 Å². The number of rotatable bonds is 8. The van der Waals surface area contributed by atoms with Gasteiger partial charge in [-0.25, -0.2) is 9.02 Å². The molecule has 1 saturated heterocycles. The molecule has 0 spiro atoms. The Bertz CT molecular complexity index is 1250. The fourth-order valence-corrected chi connectivity index (χ4v) is 4.46. The molecule has 0 bridgehead atoms. The number of hydrogen-bond acceptors (Lipinski definition) is 7. The van der Waals surface area contributed by atoms with Crippen LogP contribution in [0.4, 0.5) is 30.7 Å². The standard InChI is InChI=1S/C26H27F7N4O3/c1-15(17-10-18(25(28,29)30)12-19(11-17)26(31,32)33)39-24-23(16-4-6-20(27)7-5-16)37(8-9-38-24)14-22-21(13-36(2)3)34-40-35-22/h4-7,10-12,15,23-24H,8-9,13-14H2,1-3H3/t15-,23+,24-/m1/s1. The molecule has 7 nitrogen and oxygen atoms in total. The normalized spacial score (nSPS) is 19.8. The van der Waals surface area contributed by atoms with Crippen molar-refractivity contribution >= 4 is 0 Å². The molecule has 0 N–H and O–H groups in total. The SMILES string of the molecule is C[C@@H](O[C@H]1OCCN(Cc2nonc2CN(C)C)[C@H]1c1ccc(F)cc1)c1cc(C(F)(F)F)cc(C(F)(F)F)c1. The number of halogens is 7. The predicted octanol–water partition coefficient (Wildman–Crippen LogP) is 5.99. The van der Waals surface area contributed by atoms with Crippen molar-refractivity contribution in [3.05, 3.63) is 81.9 Å². The molecule has 40 heavy (non-hydrogen) atoms. The fraction of sp³-hybridized carbons (Fsp3) is 0.462. The highest BCUT2D eigenvalue weighted by molar-refractivity contribution is 5.35. The Labute approximate surface area is 225 Å². The van der Waals surface area contributed by atoms with E-state index in [1.54, 1.807) is 0 Å². The second kappa shape index (κ2) is 11.8. The molecule has 2 heterocycles. The fourth-order valence-electron chi connectivity index (χ4n) is 4.46. The third kappa shape index (κ3) is 7.16. The molecule has 0 aliphatic carbocycles. The van der Waals surface area contributed by atoms with Gasteiger partial charge in [0.2, 0.25) is 0 Å². The predicted molar refractivity (Wildman–Crippen MR) is 127 cm³/mol. The number of nitrogens with zero attached hydrogens (tertiary/aromatic N) is 4. The zero-order chi connectivity index (χ0) is 29.2. The highest BCUT2D eigenvalue weighted by Crippen LogP contribution is 2.40. The third-order valence-electron chi connectivity index (χ3n) is 6.39. The van der Waals surface area contributed by atoms with Crippen LogP contribution < -0.4 is 0 Å². The van der Waals surface area contributed by atoms with Gasteiger partial charge in [0, 0.05) is 19.6 Å². The van der Waals surface area contributed by atoms with Gasteiger partial charge in [-0.15, -0.1) is 0 Å². The molecule has 3 aromatic rings. The lowest BCUT2D eigenvalue weighted by molar-refractivity contribution is -0.231. The number of ether oxygens (including phenoxy) is 2. The lowest BCUT2D eigenvalue weighted by Crippen LogP contribution is -2.46. The van der Waals surface area contributed by atoms with E-state index in [1.807, 2.05) is 23.9 Å². The summed E-state index contributed by atoms with van der Waals surface area (Å²) in [6.07, 6.45) is -12.4. The zero-order valence-corrected chi connectivity index (χ0v) is 21.8. The largest absolute Gasteiger partial charge is 0.416 e. The van der Waals surface area contributed by atoms with E-state index in [2.05, 4.69) is 10.3 Å². The molecule has 0 amide bonds. The van der Waals surface area contributed by atoms with Crippen LogP contribution in [0.5, 0.6) is 0 Å². The van der Waals surface area contributed by atoms with Crippen LogP contribution in [0.2, 0.25) is 0 Å². The average Bonchev–Trinajstić information content (AvgIpc) is 3.29. The molecule has 218 valence electrons. The first-order chi connectivity index (χ1) is 18.7. The number of benzene rings is 2. The maximum Gasteiger partial charge on any atom is 0.416 e. The van der Waals surface area contributed by atoms with Crippen LogP contribution >= 0.6 is 0 Å². The van der Waals surface area contributed by atoms with Gasteiger partial charge in [-0.1, -0.05) is 22.4 Å². The molecule has 1 aromatic heterocycles. The Morgan fingerprint density at radius 1 is 0.975 bits per heavy atom. The minimum Gasteiger partial charge on any atom is -0.349 e. The molecule has 2 aromatic carbocycles. The number of aromatic nitrogens is 2. The monoisotopic (exact) mass is 576 g/mol. The molecule has 0 unspecified atom stereocenters. The van der Waals surface area contributed by atoms with E-state index in [9.17, 15) is 30.7 Å². The van der Waals surface area contributed by atoms with Crippen LogP contribution in [0.25, 0.3) is 0 Å². The maximum atomic E-state index is 13.7. The van der Waals surface area contributed by atoms with Gasteiger partial charge in [-0.2, -0.15) is 26.3 Å². The molecule has 0 radical (unpaired) electrons. The van der Waals surface area contributed by atoms with Crippen LogP contribution in [0, 0.1) is 5.82 Å². The van der Waals surface area contributed by atoms with Gasteiger partial charge in [0.25, 0.3) is 0 Å². The van der Waals surface area contributed by atoms with Gasteiger partial charge in [0.15, 0.2) is 6.29 Å². The van der Waals surface area contributed by atoms with Crippen molar-refractivity contribution in [1.82, 2.24) is 20.1 Å². The quantitative estimate of drug-likeness (QED) is 0.306. The van der Waals surface area contributed by atoms with Crippen LogP contribution in [0.1, 0.15) is 52.7 Å². The highest BCUT2D eigenvalue weighted by atomic mass is 19.4. The van der Waals surface area contributed by atoms with Gasteiger partial charge in [0.1, 0.15) is 17.2 Å². The lowest BCUT2D eigenvalue weighted by atomic mass is 10.0. The van der Waals surface area contributed by atoms with E-state index < -0.39 is 47.7 Å². The molecule has 1 fully saturated rings. The minimum absolute atomic E-state index is 0.0631. The van der Waals surface area contributed by atoms with Gasteiger partial charge in [0.05, 0.1) is 29.9 Å². The van der Waals surface area contributed by atoms with E-state index in [4.69, 9.17) is 14.1 Å². The first-order valence-electron chi connectivity index (χ1n) is 12.2. The first kappa shape index (κ1) is 29.9. The van der Waals surface area contributed by atoms with Gasteiger partial charge < -0.3 is 14.4 Å². The van der Waals surface area contributed by atoms with Crippen LogP contribution in [-0.2, 0) is 34.9 Å². The van der Waals surface area contributed by atoms with Crippen LogP contribution in [0.15, 0.2) is 47.1 Å². The second-order valence-corrected chi connectivity index (χ2v) is 9.72. The van der Waals surface area contributed by atoms with Crippen molar-refractivity contribution in [3.63, 3.8) is 0 Å². The van der Waals surface area contributed by atoms with Crippen molar-refractivity contribution in [3.8, 4) is 0 Å². The number of hydrogen-bond donors (Lipinski definition) is 0. The van der Waals surface area contributed by atoms with E-state index >= 15 is 0 Å². The summed E-state index contributed by atoms with van der Waals surface area (Å²) in [5.41, 5.74) is -1.54. The molecule has 4 rings (SSSR count).